The Hall–Kier alpha value is -0.570. The van der Waals surface area contributed by atoms with Crippen molar-refractivity contribution in [2.24, 2.45) is 0 Å². The number of hydrogen-bond donors (Lipinski definition) is 1. The fourth-order valence-electron chi connectivity index (χ4n) is 1.80. The van der Waals surface area contributed by atoms with Crippen molar-refractivity contribution >= 4 is 11.6 Å². The molecule has 2 rings (SSSR count). The zero-order valence-electron chi connectivity index (χ0n) is 8.71. The molecule has 1 atom stereocenters. The van der Waals surface area contributed by atoms with E-state index < -0.39 is 0 Å². The third-order valence-corrected chi connectivity index (χ3v) is 3.07. The molecule has 0 spiro atoms. The molecule has 1 unspecified atom stereocenters. The van der Waals surface area contributed by atoms with Crippen molar-refractivity contribution in [1.29, 1.82) is 0 Å². The van der Waals surface area contributed by atoms with Crippen molar-refractivity contribution < 1.29 is 4.74 Å². The lowest BCUT2D eigenvalue weighted by Gasteiger charge is -2.23. The highest BCUT2D eigenvalue weighted by molar-refractivity contribution is 6.31. The predicted molar refractivity (Wildman–Crippen MR) is 62.1 cm³/mol. The van der Waals surface area contributed by atoms with Crippen LogP contribution in [-0.4, -0.2) is 19.3 Å². The average molecular weight is 226 g/mol. The van der Waals surface area contributed by atoms with Crippen LogP contribution in [0.1, 0.15) is 18.4 Å². The van der Waals surface area contributed by atoms with Crippen LogP contribution in [0.4, 0.5) is 0 Å². The lowest BCUT2D eigenvalue weighted by Crippen LogP contribution is -2.36. The van der Waals surface area contributed by atoms with E-state index in [4.69, 9.17) is 16.3 Å². The molecular weight excluding hydrogens is 210 g/mol. The zero-order valence-corrected chi connectivity index (χ0v) is 9.46. The molecule has 0 radical (unpaired) electrons. The summed E-state index contributed by atoms with van der Waals surface area (Å²) >= 11 is 6.07. The summed E-state index contributed by atoms with van der Waals surface area (Å²) in [5.41, 5.74) is 1.16. The standard InChI is InChI=1S/C12H16ClNO/c13-12-6-2-1-4-10(12)8-14-11-5-3-7-15-9-11/h1-2,4,6,11,14H,3,5,7-9H2. The van der Waals surface area contributed by atoms with Crippen molar-refractivity contribution in [1.82, 2.24) is 5.32 Å². The lowest BCUT2D eigenvalue weighted by atomic mass is 10.1. The SMILES string of the molecule is Clc1ccccc1CNC1CCCOC1. The molecule has 1 aliphatic heterocycles. The van der Waals surface area contributed by atoms with Gasteiger partial charge < -0.3 is 10.1 Å². The van der Waals surface area contributed by atoms with Crippen LogP contribution in [0.25, 0.3) is 0 Å². The third-order valence-electron chi connectivity index (χ3n) is 2.70. The van der Waals surface area contributed by atoms with Gasteiger partial charge in [-0.2, -0.15) is 0 Å². The topological polar surface area (TPSA) is 21.3 Å². The van der Waals surface area contributed by atoms with Gasteiger partial charge in [-0.1, -0.05) is 29.8 Å². The van der Waals surface area contributed by atoms with Crippen molar-refractivity contribution in [3.05, 3.63) is 34.9 Å². The first-order chi connectivity index (χ1) is 7.36. The van der Waals surface area contributed by atoms with Crippen molar-refractivity contribution in [3.63, 3.8) is 0 Å². The molecule has 3 heteroatoms. The molecule has 15 heavy (non-hydrogen) atoms. The van der Waals surface area contributed by atoms with E-state index in [-0.39, 0.29) is 0 Å². The van der Waals surface area contributed by atoms with Crippen LogP contribution >= 0.6 is 11.6 Å². The largest absolute Gasteiger partial charge is 0.380 e. The Bertz CT molecular complexity index is 310. The molecule has 0 aromatic heterocycles. The minimum atomic E-state index is 0.482. The highest BCUT2D eigenvalue weighted by Gasteiger charge is 2.13. The van der Waals surface area contributed by atoms with E-state index in [1.807, 2.05) is 18.2 Å². The predicted octanol–water partition coefficient (Wildman–Crippen LogP) is 2.61. The number of nitrogens with one attached hydrogen (secondary N) is 1. The fraction of sp³-hybridized carbons (Fsp3) is 0.500. The van der Waals surface area contributed by atoms with Crippen LogP contribution in [0.3, 0.4) is 0 Å². The summed E-state index contributed by atoms with van der Waals surface area (Å²) in [7, 11) is 0. The Morgan fingerprint density at radius 2 is 2.27 bits per heavy atom. The minimum absolute atomic E-state index is 0.482. The van der Waals surface area contributed by atoms with E-state index in [9.17, 15) is 0 Å². The molecule has 1 fully saturated rings. The number of benzene rings is 1. The van der Waals surface area contributed by atoms with Gasteiger partial charge >= 0.3 is 0 Å². The van der Waals surface area contributed by atoms with Crippen LogP contribution in [0, 0.1) is 0 Å². The average Bonchev–Trinajstić information content (AvgIpc) is 2.29. The van der Waals surface area contributed by atoms with Crippen molar-refractivity contribution in [3.8, 4) is 0 Å². The molecule has 1 saturated heterocycles. The van der Waals surface area contributed by atoms with Gasteiger partial charge in [-0.3, -0.25) is 0 Å². The van der Waals surface area contributed by atoms with Crippen LogP contribution < -0.4 is 5.32 Å². The van der Waals surface area contributed by atoms with Gasteiger partial charge in [0.25, 0.3) is 0 Å². The number of rotatable bonds is 3. The summed E-state index contributed by atoms with van der Waals surface area (Å²) in [6, 6.07) is 8.43. The molecule has 0 aliphatic carbocycles. The second kappa shape index (κ2) is 5.50. The van der Waals surface area contributed by atoms with Crippen LogP contribution in [0.2, 0.25) is 5.02 Å². The number of halogens is 1. The molecule has 0 saturated carbocycles. The Morgan fingerprint density at radius 1 is 1.40 bits per heavy atom. The highest BCUT2D eigenvalue weighted by Crippen LogP contribution is 2.15. The lowest BCUT2D eigenvalue weighted by molar-refractivity contribution is 0.0699. The van der Waals surface area contributed by atoms with E-state index in [0.717, 1.165) is 36.8 Å². The maximum atomic E-state index is 6.07. The Kier molecular flexibility index (Phi) is 4.01. The molecule has 1 heterocycles. The van der Waals surface area contributed by atoms with E-state index in [1.165, 1.54) is 6.42 Å². The second-order valence-electron chi connectivity index (χ2n) is 3.89. The number of hydrogen-bond acceptors (Lipinski definition) is 2. The Labute approximate surface area is 95.6 Å². The summed E-state index contributed by atoms with van der Waals surface area (Å²) in [6.07, 6.45) is 2.35. The van der Waals surface area contributed by atoms with E-state index >= 15 is 0 Å². The maximum Gasteiger partial charge on any atom is 0.0619 e. The summed E-state index contributed by atoms with van der Waals surface area (Å²) in [4.78, 5) is 0. The molecule has 1 N–H and O–H groups in total. The molecular formula is C12H16ClNO. The first-order valence-corrected chi connectivity index (χ1v) is 5.78. The zero-order chi connectivity index (χ0) is 10.5. The van der Waals surface area contributed by atoms with Crippen LogP contribution in [-0.2, 0) is 11.3 Å². The molecule has 2 nitrogen and oxygen atoms in total. The minimum Gasteiger partial charge on any atom is -0.380 e. The fourth-order valence-corrected chi connectivity index (χ4v) is 2.00. The smallest absolute Gasteiger partial charge is 0.0619 e. The normalized spacial score (nSPS) is 21.5. The van der Waals surface area contributed by atoms with E-state index in [2.05, 4.69) is 11.4 Å². The van der Waals surface area contributed by atoms with Crippen LogP contribution in [0.15, 0.2) is 24.3 Å². The van der Waals surface area contributed by atoms with Crippen molar-refractivity contribution in [2.45, 2.75) is 25.4 Å². The Morgan fingerprint density at radius 3 is 3.00 bits per heavy atom. The summed E-state index contributed by atoms with van der Waals surface area (Å²) < 4.78 is 5.41. The van der Waals surface area contributed by atoms with Gasteiger partial charge in [0, 0.05) is 24.2 Å². The molecule has 1 aromatic rings. The monoisotopic (exact) mass is 225 g/mol. The van der Waals surface area contributed by atoms with Gasteiger partial charge in [-0.05, 0) is 24.5 Å². The maximum absolute atomic E-state index is 6.07. The molecule has 0 bridgehead atoms. The second-order valence-corrected chi connectivity index (χ2v) is 4.29. The quantitative estimate of drug-likeness (QED) is 0.854. The first-order valence-electron chi connectivity index (χ1n) is 5.41. The van der Waals surface area contributed by atoms with Gasteiger partial charge in [0.1, 0.15) is 0 Å². The third kappa shape index (κ3) is 3.20. The van der Waals surface area contributed by atoms with E-state index in [0.29, 0.717) is 6.04 Å². The van der Waals surface area contributed by atoms with E-state index in [1.54, 1.807) is 0 Å². The summed E-state index contributed by atoms with van der Waals surface area (Å²) in [5, 5.41) is 4.30. The van der Waals surface area contributed by atoms with Gasteiger partial charge in [-0.25, -0.2) is 0 Å². The summed E-state index contributed by atoms with van der Waals surface area (Å²) in [6.45, 7) is 2.56. The van der Waals surface area contributed by atoms with Gasteiger partial charge in [-0.15, -0.1) is 0 Å². The highest BCUT2D eigenvalue weighted by atomic mass is 35.5. The van der Waals surface area contributed by atoms with Gasteiger partial charge in [0.15, 0.2) is 0 Å². The molecule has 1 aromatic carbocycles. The van der Waals surface area contributed by atoms with Crippen LogP contribution in [0.5, 0.6) is 0 Å². The first kappa shape index (κ1) is 10.9. The molecule has 1 aliphatic rings. The van der Waals surface area contributed by atoms with Gasteiger partial charge in [0.05, 0.1) is 6.61 Å². The molecule has 0 amide bonds. The number of ether oxygens (including phenoxy) is 1. The summed E-state index contributed by atoms with van der Waals surface area (Å²) in [5.74, 6) is 0. The molecule has 82 valence electrons. The Balaban J connectivity index is 1.84. The van der Waals surface area contributed by atoms with Gasteiger partial charge in [0.2, 0.25) is 0 Å². The van der Waals surface area contributed by atoms with Crippen molar-refractivity contribution in [2.75, 3.05) is 13.2 Å².